The minimum Gasteiger partial charge on any atom is -0.457 e. The second-order valence-corrected chi connectivity index (χ2v) is 6.33. The second kappa shape index (κ2) is 5.11. The minimum atomic E-state index is -1.17. The highest BCUT2D eigenvalue weighted by Gasteiger charge is 2.53. The van der Waals surface area contributed by atoms with Crippen LogP contribution in [0.4, 0.5) is 0 Å². The largest absolute Gasteiger partial charge is 0.457 e. The normalized spacial score (nSPS) is 28.7. The van der Waals surface area contributed by atoms with E-state index in [4.69, 9.17) is 16.3 Å². The number of rotatable bonds is 1. The number of carbonyl (C=O) groups is 1. The van der Waals surface area contributed by atoms with E-state index in [1.54, 1.807) is 0 Å². The van der Waals surface area contributed by atoms with Gasteiger partial charge in [0.2, 0.25) is 11.5 Å². The predicted octanol–water partition coefficient (Wildman–Crippen LogP) is 2.93. The Morgan fingerprint density at radius 2 is 2.00 bits per heavy atom. The van der Waals surface area contributed by atoms with Crippen LogP contribution in [0.25, 0.3) is 0 Å². The van der Waals surface area contributed by atoms with Gasteiger partial charge in [-0.25, -0.2) is 0 Å². The van der Waals surface area contributed by atoms with Crippen LogP contribution < -0.4 is 0 Å². The van der Waals surface area contributed by atoms with Crippen LogP contribution in [0.3, 0.4) is 0 Å². The molecule has 21 heavy (non-hydrogen) atoms. The fourth-order valence-electron chi connectivity index (χ4n) is 3.27. The van der Waals surface area contributed by atoms with Crippen molar-refractivity contribution in [1.29, 1.82) is 0 Å². The maximum absolute atomic E-state index is 12.3. The van der Waals surface area contributed by atoms with Crippen LogP contribution in [0, 0.1) is 13.8 Å². The van der Waals surface area contributed by atoms with Crippen LogP contribution in [0.1, 0.15) is 42.4 Å². The zero-order chi connectivity index (χ0) is 15.2. The van der Waals surface area contributed by atoms with E-state index < -0.39 is 11.7 Å². The van der Waals surface area contributed by atoms with Gasteiger partial charge in [0.15, 0.2) is 0 Å². The van der Waals surface area contributed by atoms with Gasteiger partial charge in [-0.2, -0.15) is 4.99 Å². The van der Waals surface area contributed by atoms with E-state index in [9.17, 15) is 9.90 Å². The Morgan fingerprint density at radius 3 is 2.62 bits per heavy atom. The molecule has 1 N–H and O–H groups in total. The Balaban J connectivity index is 2.00. The van der Waals surface area contributed by atoms with Gasteiger partial charge in [-0.15, -0.1) is 0 Å². The average Bonchev–Trinajstić information content (AvgIpc) is 2.70. The second-order valence-electron chi connectivity index (χ2n) is 5.89. The third-order valence-electron chi connectivity index (χ3n) is 4.37. The molecule has 1 aromatic rings. The fourth-order valence-corrected chi connectivity index (χ4v) is 3.60. The van der Waals surface area contributed by atoms with Gasteiger partial charge in [0.25, 0.3) is 5.91 Å². The first-order valence-corrected chi connectivity index (χ1v) is 7.59. The van der Waals surface area contributed by atoms with Gasteiger partial charge in [0.05, 0.1) is 0 Å². The van der Waals surface area contributed by atoms with Crippen LogP contribution in [-0.4, -0.2) is 28.6 Å². The van der Waals surface area contributed by atoms with E-state index in [-0.39, 0.29) is 5.91 Å². The lowest BCUT2D eigenvalue weighted by atomic mass is 9.82. The topological polar surface area (TPSA) is 58.9 Å². The molecule has 1 amide bonds. The molecule has 3 rings (SSSR count). The van der Waals surface area contributed by atoms with Crippen molar-refractivity contribution in [3.8, 4) is 0 Å². The Labute approximate surface area is 128 Å². The van der Waals surface area contributed by atoms with E-state index in [2.05, 4.69) is 4.99 Å². The lowest BCUT2D eigenvalue weighted by molar-refractivity contribution is -0.146. The number of carbonyl (C=O) groups excluding carboxylic acids is 1. The van der Waals surface area contributed by atoms with Crippen molar-refractivity contribution >= 4 is 23.4 Å². The Bertz CT molecular complexity index is 617. The molecule has 1 aliphatic heterocycles. The smallest absolute Gasteiger partial charge is 0.295 e. The third-order valence-corrected chi connectivity index (χ3v) is 4.59. The number of benzene rings is 1. The van der Waals surface area contributed by atoms with Gasteiger partial charge >= 0.3 is 0 Å². The van der Waals surface area contributed by atoms with Crippen molar-refractivity contribution in [2.75, 3.05) is 0 Å². The number of nitrogens with zero attached hydrogens (tertiary/aromatic N) is 1. The number of aryl methyl sites for hydroxylation is 2. The summed E-state index contributed by atoms with van der Waals surface area (Å²) in [6, 6.07) is 3.64. The molecule has 2 unspecified atom stereocenters. The molecular formula is C16H18ClNO3. The lowest BCUT2D eigenvalue weighted by Gasteiger charge is -2.35. The minimum absolute atomic E-state index is 0.313. The van der Waals surface area contributed by atoms with Crippen molar-refractivity contribution in [1.82, 2.24) is 0 Å². The molecule has 112 valence electrons. The number of amides is 1. The summed E-state index contributed by atoms with van der Waals surface area (Å²) in [6.45, 7) is 3.82. The molecule has 4 nitrogen and oxygen atoms in total. The third kappa shape index (κ3) is 2.27. The lowest BCUT2D eigenvalue weighted by Crippen LogP contribution is -2.50. The first-order chi connectivity index (χ1) is 9.94. The molecule has 1 spiro atoms. The summed E-state index contributed by atoms with van der Waals surface area (Å²) >= 11 is 6.04. The van der Waals surface area contributed by atoms with Gasteiger partial charge in [-0.1, -0.05) is 18.0 Å². The standard InChI is InChI=1S/C16H18ClNO3/c1-9-7-11(17)8-10(2)13(9)14-18-15(20)16(21-14)6-4-3-5-12(16)19/h7-8,12,19H,3-6H2,1-2H3. The number of aliphatic imine (C=N–C) groups is 1. The molecular weight excluding hydrogens is 290 g/mol. The molecule has 5 heteroatoms. The van der Waals surface area contributed by atoms with E-state index in [1.807, 2.05) is 26.0 Å². The molecule has 0 saturated heterocycles. The zero-order valence-electron chi connectivity index (χ0n) is 12.1. The van der Waals surface area contributed by atoms with Gasteiger partial charge in [0.1, 0.15) is 6.10 Å². The summed E-state index contributed by atoms with van der Waals surface area (Å²) in [7, 11) is 0. The highest BCUT2D eigenvalue weighted by molar-refractivity contribution is 6.31. The molecule has 1 saturated carbocycles. The number of ether oxygens (including phenoxy) is 1. The SMILES string of the molecule is Cc1cc(Cl)cc(C)c1C1=NC(=O)C2(CCCCC2O)O1. The van der Waals surface area contributed by atoms with Crippen molar-refractivity contribution in [3.63, 3.8) is 0 Å². The molecule has 0 aromatic heterocycles. The average molecular weight is 308 g/mol. The number of aliphatic hydroxyl groups is 1. The highest BCUT2D eigenvalue weighted by Crippen LogP contribution is 2.38. The summed E-state index contributed by atoms with van der Waals surface area (Å²) in [5, 5.41) is 10.9. The first kappa shape index (κ1) is 14.5. The molecule has 1 aromatic carbocycles. The van der Waals surface area contributed by atoms with Crippen LogP contribution >= 0.6 is 11.6 Å². The summed E-state index contributed by atoms with van der Waals surface area (Å²) in [4.78, 5) is 16.4. The monoisotopic (exact) mass is 307 g/mol. The Hall–Kier alpha value is -1.39. The van der Waals surface area contributed by atoms with Crippen LogP contribution in [0.5, 0.6) is 0 Å². The molecule has 2 atom stereocenters. The summed E-state index contributed by atoms with van der Waals surface area (Å²) < 4.78 is 5.91. The van der Waals surface area contributed by atoms with Gasteiger partial charge in [0, 0.05) is 10.6 Å². The van der Waals surface area contributed by atoms with Gasteiger partial charge in [-0.05, 0) is 56.4 Å². The molecule has 1 fully saturated rings. The van der Waals surface area contributed by atoms with Gasteiger partial charge in [-0.3, -0.25) is 4.79 Å². The van der Waals surface area contributed by atoms with Crippen LogP contribution in [-0.2, 0) is 9.53 Å². The maximum Gasteiger partial charge on any atom is 0.295 e. The molecule has 1 aliphatic carbocycles. The first-order valence-electron chi connectivity index (χ1n) is 7.21. The molecule has 0 radical (unpaired) electrons. The van der Waals surface area contributed by atoms with E-state index in [0.29, 0.717) is 23.8 Å². The van der Waals surface area contributed by atoms with E-state index in [1.165, 1.54) is 0 Å². The zero-order valence-corrected chi connectivity index (χ0v) is 12.9. The summed E-state index contributed by atoms with van der Waals surface area (Å²) in [6.07, 6.45) is 2.09. The van der Waals surface area contributed by atoms with Crippen LogP contribution in [0.15, 0.2) is 17.1 Å². The predicted molar refractivity (Wildman–Crippen MR) is 80.8 cm³/mol. The number of halogens is 1. The number of hydrogen-bond donors (Lipinski definition) is 1. The van der Waals surface area contributed by atoms with Crippen molar-refractivity contribution < 1.29 is 14.6 Å². The highest BCUT2D eigenvalue weighted by atomic mass is 35.5. The van der Waals surface area contributed by atoms with Crippen LogP contribution in [0.2, 0.25) is 5.02 Å². The van der Waals surface area contributed by atoms with E-state index in [0.717, 1.165) is 29.5 Å². The Kier molecular flexibility index (Phi) is 3.54. The number of aliphatic hydroxyl groups excluding tert-OH is 1. The summed E-state index contributed by atoms with van der Waals surface area (Å²) in [5.41, 5.74) is 1.44. The van der Waals surface area contributed by atoms with Crippen molar-refractivity contribution in [2.24, 2.45) is 4.99 Å². The summed E-state index contributed by atoms with van der Waals surface area (Å²) in [5.74, 6) is -0.0499. The molecule has 1 heterocycles. The molecule has 0 bridgehead atoms. The van der Waals surface area contributed by atoms with Crippen molar-refractivity contribution in [3.05, 3.63) is 33.8 Å². The van der Waals surface area contributed by atoms with Crippen molar-refractivity contribution in [2.45, 2.75) is 51.2 Å². The number of hydrogen-bond acceptors (Lipinski definition) is 3. The fraction of sp³-hybridized carbons (Fsp3) is 0.500. The molecule has 2 aliphatic rings. The van der Waals surface area contributed by atoms with E-state index >= 15 is 0 Å². The maximum atomic E-state index is 12.3. The van der Waals surface area contributed by atoms with Gasteiger partial charge < -0.3 is 9.84 Å². The quantitative estimate of drug-likeness (QED) is 0.868. The Morgan fingerprint density at radius 1 is 1.33 bits per heavy atom.